The second kappa shape index (κ2) is 5.24. The lowest BCUT2D eigenvalue weighted by molar-refractivity contribution is -0.0668. The van der Waals surface area contributed by atoms with Crippen molar-refractivity contribution in [2.75, 3.05) is 6.54 Å². The largest absolute Gasteiger partial charge is 0.444 e. The minimum absolute atomic E-state index is 0.347. The van der Waals surface area contributed by atoms with Crippen LogP contribution in [0.3, 0.4) is 0 Å². The van der Waals surface area contributed by atoms with Crippen molar-refractivity contribution in [3.63, 3.8) is 0 Å². The average molecular weight is 304 g/mol. The summed E-state index contributed by atoms with van der Waals surface area (Å²) in [5.74, 6) is 0. The number of ether oxygens (including phenoxy) is 1. The monoisotopic (exact) mass is 304 g/mol. The van der Waals surface area contributed by atoms with Crippen molar-refractivity contribution in [2.24, 2.45) is 0 Å². The average Bonchev–Trinajstić information content (AvgIpc) is 2.78. The van der Waals surface area contributed by atoms with E-state index in [9.17, 15) is 9.90 Å². The molecule has 1 aromatic heterocycles. The van der Waals surface area contributed by atoms with E-state index >= 15 is 0 Å². The highest BCUT2D eigenvalue weighted by molar-refractivity contribution is 5.74. The Morgan fingerprint density at radius 2 is 2.14 bits per heavy atom. The predicted octanol–water partition coefficient (Wildman–Crippen LogP) is 1.93. The number of carbonyl (C=O) groups excluding carboxylic acids is 1. The molecule has 0 radical (unpaired) electrons. The van der Waals surface area contributed by atoms with Crippen LogP contribution in [0.2, 0.25) is 0 Å². The van der Waals surface area contributed by atoms with Gasteiger partial charge >= 0.3 is 6.09 Å². The summed E-state index contributed by atoms with van der Waals surface area (Å²) >= 11 is 0. The molecule has 2 atom stereocenters. The topological polar surface area (TPSA) is 80.5 Å². The third-order valence-electron chi connectivity index (χ3n) is 3.67. The zero-order valence-electron chi connectivity index (χ0n) is 12.9. The van der Waals surface area contributed by atoms with Gasteiger partial charge in [-0.1, -0.05) is 17.3 Å². The van der Waals surface area contributed by atoms with Crippen molar-refractivity contribution in [1.29, 1.82) is 0 Å². The molecule has 0 spiro atoms. The van der Waals surface area contributed by atoms with E-state index in [0.717, 1.165) is 5.52 Å². The highest BCUT2D eigenvalue weighted by Gasteiger charge is 2.41. The first-order valence-electron chi connectivity index (χ1n) is 7.34. The molecule has 1 amide bonds. The maximum absolute atomic E-state index is 12.1. The Labute approximate surface area is 128 Å². The van der Waals surface area contributed by atoms with Crippen LogP contribution in [-0.4, -0.2) is 49.3 Å². The Hall–Kier alpha value is -2.15. The molecule has 0 aliphatic carbocycles. The molecule has 1 aromatic carbocycles. The van der Waals surface area contributed by atoms with Crippen LogP contribution < -0.4 is 0 Å². The number of para-hydroxylation sites is 1. The summed E-state index contributed by atoms with van der Waals surface area (Å²) in [6, 6.07) is 7.05. The number of rotatable bonds is 2. The molecule has 7 nitrogen and oxygen atoms in total. The van der Waals surface area contributed by atoms with E-state index in [1.807, 2.05) is 45.0 Å². The molecule has 22 heavy (non-hydrogen) atoms. The fraction of sp³-hybridized carbons (Fsp3) is 0.533. The lowest BCUT2D eigenvalue weighted by Gasteiger charge is -2.43. The fourth-order valence-electron chi connectivity index (χ4n) is 2.51. The Kier molecular flexibility index (Phi) is 3.52. The number of carbonyl (C=O) groups is 1. The molecule has 1 aliphatic heterocycles. The van der Waals surface area contributed by atoms with Crippen molar-refractivity contribution in [2.45, 2.75) is 45.1 Å². The van der Waals surface area contributed by atoms with E-state index in [0.29, 0.717) is 18.5 Å². The second-order valence-electron chi connectivity index (χ2n) is 6.47. The van der Waals surface area contributed by atoms with Crippen LogP contribution >= 0.6 is 0 Å². The van der Waals surface area contributed by atoms with Crippen molar-refractivity contribution in [1.82, 2.24) is 19.9 Å². The van der Waals surface area contributed by atoms with Gasteiger partial charge in [-0.05, 0) is 39.3 Å². The normalized spacial score (nSPS) is 19.8. The number of aliphatic hydroxyl groups excluding tert-OH is 1. The van der Waals surface area contributed by atoms with Crippen molar-refractivity contribution >= 4 is 17.1 Å². The Balaban J connectivity index is 1.78. The van der Waals surface area contributed by atoms with Gasteiger partial charge in [0.05, 0.1) is 11.6 Å². The predicted molar refractivity (Wildman–Crippen MR) is 80.1 cm³/mol. The molecule has 1 unspecified atom stereocenters. The third kappa shape index (κ3) is 2.64. The molecule has 118 valence electrons. The zero-order valence-corrected chi connectivity index (χ0v) is 12.9. The van der Waals surface area contributed by atoms with Crippen LogP contribution in [0.15, 0.2) is 24.3 Å². The van der Waals surface area contributed by atoms with Gasteiger partial charge in [0.15, 0.2) is 6.23 Å². The van der Waals surface area contributed by atoms with Gasteiger partial charge in [0, 0.05) is 6.54 Å². The van der Waals surface area contributed by atoms with E-state index < -0.39 is 17.9 Å². The molecule has 2 heterocycles. The quantitative estimate of drug-likeness (QED) is 0.917. The standard InChI is InChI=1S/C15H20N4O3/c1-15(2,3)22-14(21)18-9-8-12(18)13(20)19-11-7-5-4-6-10(11)16-17-19/h4-7,12-13,20H,8-9H2,1-3H3/t12-,13?/m0/s1. The van der Waals surface area contributed by atoms with Crippen molar-refractivity contribution in [3.8, 4) is 0 Å². The number of hydrogen-bond donors (Lipinski definition) is 1. The number of aliphatic hydroxyl groups is 1. The summed E-state index contributed by atoms with van der Waals surface area (Å²) in [5.41, 5.74) is 0.901. The Morgan fingerprint density at radius 1 is 1.41 bits per heavy atom. The molecular weight excluding hydrogens is 284 g/mol. The van der Waals surface area contributed by atoms with E-state index in [1.54, 1.807) is 0 Å². The first kappa shape index (κ1) is 14.8. The summed E-state index contributed by atoms with van der Waals surface area (Å²) in [6.45, 7) is 6.03. The molecule has 0 saturated carbocycles. The van der Waals surface area contributed by atoms with Crippen LogP contribution in [-0.2, 0) is 4.74 Å². The van der Waals surface area contributed by atoms with Gasteiger partial charge in [-0.15, -0.1) is 5.10 Å². The number of nitrogens with zero attached hydrogens (tertiary/aromatic N) is 4. The van der Waals surface area contributed by atoms with Crippen LogP contribution in [0.25, 0.3) is 11.0 Å². The van der Waals surface area contributed by atoms with Gasteiger partial charge in [-0.25, -0.2) is 9.48 Å². The summed E-state index contributed by atoms with van der Waals surface area (Å²) in [4.78, 5) is 13.7. The maximum atomic E-state index is 12.1. The van der Waals surface area contributed by atoms with Gasteiger partial charge in [0.25, 0.3) is 0 Å². The van der Waals surface area contributed by atoms with E-state index in [-0.39, 0.29) is 6.04 Å². The minimum atomic E-state index is -0.936. The third-order valence-corrected chi connectivity index (χ3v) is 3.67. The number of fused-ring (bicyclic) bond motifs is 1. The van der Waals surface area contributed by atoms with Crippen LogP contribution in [0.4, 0.5) is 4.79 Å². The van der Waals surface area contributed by atoms with Gasteiger partial charge in [-0.3, -0.25) is 0 Å². The fourth-order valence-corrected chi connectivity index (χ4v) is 2.51. The van der Waals surface area contributed by atoms with Gasteiger partial charge in [0.2, 0.25) is 0 Å². The summed E-state index contributed by atoms with van der Waals surface area (Å²) in [6.07, 6.45) is -0.643. The molecule has 7 heteroatoms. The first-order chi connectivity index (χ1) is 10.4. The Morgan fingerprint density at radius 3 is 2.77 bits per heavy atom. The van der Waals surface area contributed by atoms with E-state index in [1.165, 1.54) is 9.58 Å². The molecule has 0 bridgehead atoms. The van der Waals surface area contributed by atoms with Gasteiger partial charge < -0.3 is 14.7 Å². The number of hydrogen-bond acceptors (Lipinski definition) is 5. The zero-order chi connectivity index (χ0) is 15.9. The summed E-state index contributed by atoms with van der Waals surface area (Å²) in [7, 11) is 0. The Bertz CT molecular complexity index is 691. The van der Waals surface area contributed by atoms with Crippen LogP contribution in [0.5, 0.6) is 0 Å². The lowest BCUT2D eigenvalue weighted by atomic mass is 10.0. The molecular formula is C15H20N4O3. The number of likely N-dealkylation sites (tertiary alicyclic amines) is 1. The lowest BCUT2D eigenvalue weighted by Crippen LogP contribution is -2.56. The minimum Gasteiger partial charge on any atom is -0.444 e. The molecule has 1 saturated heterocycles. The number of benzene rings is 1. The summed E-state index contributed by atoms with van der Waals surface area (Å²) in [5, 5.41) is 18.6. The van der Waals surface area contributed by atoms with E-state index in [2.05, 4.69) is 10.3 Å². The molecule has 3 rings (SSSR count). The molecule has 2 aromatic rings. The summed E-state index contributed by atoms with van der Waals surface area (Å²) < 4.78 is 6.81. The van der Waals surface area contributed by atoms with Crippen LogP contribution in [0, 0.1) is 0 Å². The number of aromatic nitrogens is 3. The molecule has 1 fully saturated rings. The highest BCUT2D eigenvalue weighted by Crippen LogP contribution is 2.29. The SMILES string of the molecule is CC(C)(C)OC(=O)N1CC[C@H]1C(O)n1nnc2ccccc21. The van der Waals surface area contributed by atoms with E-state index in [4.69, 9.17) is 4.74 Å². The first-order valence-corrected chi connectivity index (χ1v) is 7.34. The smallest absolute Gasteiger partial charge is 0.410 e. The number of amides is 1. The molecule has 1 aliphatic rings. The highest BCUT2D eigenvalue weighted by atomic mass is 16.6. The van der Waals surface area contributed by atoms with Crippen molar-refractivity contribution in [3.05, 3.63) is 24.3 Å². The van der Waals surface area contributed by atoms with Crippen LogP contribution in [0.1, 0.15) is 33.4 Å². The molecule has 1 N–H and O–H groups in total. The van der Waals surface area contributed by atoms with Crippen molar-refractivity contribution < 1.29 is 14.6 Å². The van der Waals surface area contributed by atoms with Gasteiger partial charge in [0.1, 0.15) is 11.1 Å². The van der Waals surface area contributed by atoms with Gasteiger partial charge in [-0.2, -0.15) is 0 Å². The second-order valence-corrected chi connectivity index (χ2v) is 6.47. The maximum Gasteiger partial charge on any atom is 0.410 e.